The Hall–Kier alpha value is -1.95. The summed E-state index contributed by atoms with van der Waals surface area (Å²) in [5.41, 5.74) is 1.19. The maximum Gasteiger partial charge on any atom is 0.138 e. The van der Waals surface area contributed by atoms with Crippen molar-refractivity contribution in [3.8, 4) is 0 Å². The maximum absolute atomic E-state index is 5.10. The van der Waals surface area contributed by atoms with Crippen LogP contribution >= 0.6 is 0 Å². The molecule has 0 aromatic carbocycles. The monoisotopic (exact) mass is 273 g/mol. The van der Waals surface area contributed by atoms with E-state index in [1.807, 2.05) is 19.2 Å². The summed E-state index contributed by atoms with van der Waals surface area (Å²) in [6, 6.07) is 2.40. The highest BCUT2D eigenvalue weighted by Crippen LogP contribution is 2.18. The van der Waals surface area contributed by atoms with Crippen molar-refractivity contribution in [2.24, 2.45) is 0 Å². The van der Waals surface area contributed by atoms with Crippen molar-refractivity contribution in [1.29, 1.82) is 0 Å². The van der Waals surface area contributed by atoms with Gasteiger partial charge in [0.2, 0.25) is 0 Å². The van der Waals surface area contributed by atoms with Crippen molar-refractivity contribution in [3.05, 3.63) is 36.1 Å². The SMILES string of the molecule is Cc1oncc1CN1CCC(Nc2ccncn2)CC1. The Balaban J connectivity index is 1.49. The topological polar surface area (TPSA) is 67.1 Å². The molecule has 1 aliphatic rings. The lowest BCUT2D eigenvalue weighted by Crippen LogP contribution is -2.38. The van der Waals surface area contributed by atoms with Crippen LogP contribution in [0.15, 0.2) is 29.3 Å². The van der Waals surface area contributed by atoms with Crippen LogP contribution in [0.2, 0.25) is 0 Å². The Bertz CT molecular complexity index is 534. The van der Waals surface area contributed by atoms with Crippen LogP contribution in [-0.2, 0) is 6.54 Å². The minimum absolute atomic E-state index is 0.490. The van der Waals surface area contributed by atoms with E-state index in [1.54, 1.807) is 12.5 Å². The zero-order chi connectivity index (χ0) is 13.8. The number of rotatable bonds is 4. The standard InChI is InChI=1S/C14H19N5O/c1-11-12(8-17-20-11)9-19-6-3-13(4-7-19)18-14-2-5-15-10-16-14/h2,5,8,10,13H,3-4,6-7,9H2,1H3,(H,15,16,18). The molecule has 0 bridgehead atoms. The van der Waals surface area contributed by atoms with Gasteiger partial charge in [0.1, 0.15) is 17.9 Å². The van der Waals surface area contributed by atoms with Crippen molar-refractivity contribution in [1.82, 2.24) is 20.0 Å². The van der Waals surface area contributed by atoms with E-state index in [4.69, 9.17) is 4.52 Å². The van der Waals surface area contributed by atoms with E-state index >= 15 is 0 Å². The van der Waals surface area contributed by atoms with Crippen molar-refractivity contribution in [2.75, 3.05) is 18.4 Å². The number of nitrogens with zero attached hydrogens (tertiary/aromatic N) is 4. The lowest BCUT2D eigenvalue weighted by atomic mass is 10.0. The number of anilines is 1. The van der Waals surface area contributed by atoms with Gasteiger partial charge in [0.15, 0.2) is 0 Å². The summed E-state index contributed by atoms with van der Waals surface area (Å²) in [6.07, 6.45) is 7.40. The Morgan fingerprint density at radius 1 is 1.40 bits per heavy atom. The van der Waals surface area contributed by atoms with Crippen LogP contribution in [0.5, 0.6) is 0 Å². The van der Waals surface area contributed by atoms with E-state index < -0.39 is 0 Å². The van der Waals surface area contributed by atoms with Crippen LogP contribution in [0.3, 0.4) is 0 Å². The molecule has 0 saturated carbocycles. The molecule has 1 N–H and O–H groups in total. The predicted octanol–water partition coefficient (Wildman–Crippen LogP) is 1.85. The third kappa shape index (κ3) is 3.14. The summed E-state index contributed by atoms with van der Waals surface area (Å²) in [6.45, 7) is 5.04. The first kappa shape index (κ1) is 13.1. The lowest BCUT2D eigenvalue weighted by molar-refractivity contribution is 0.210. The summed E-state index contributed by atoms with van der Waals surface area (Å²) < 4.78 is 5.10. The van der Waals surface area contributed by atoms with E-state index in [2.05, 4.69) is 25.3 Å². The normalized spacial score (nSPS) is 17.2. The van der Waals surface area contributed by atoms with E-state index in [0.717, 1.165) is 44.1 Å². The second kappa shape index (κ2) is 6.00. The molecule has 1 saturated heterocycles. The van der Waals surface area contributed by atoms with Crippen molar-refractivity contribution in [3.63, 3.8) is 0 Å². The molecule has 20 heavy (non-hydrogen) atoms. The summed E-state index contributed by atoms with van der Waals surface area (Å²) in [4.78, 5) is 10.6. The maximum atomic E-state index is 5.10. The summed E-state index contributed by atoms with van der Waals surface area (Å²) in [5, 5.41) is 7.29. The van der Waals surface area contributed by atoms with E-state index in [9.17, 15) is 0 Å². The van der Waals surface area contributed by atoms with Gasteiger partial charge in [0.25, 0.3) is 0 Å². The molecule has 0 spiro atoms. The number of likely N-dealkylation sites (tertiary alicyclic amines) is 1. The molecular weight excluding hydrogens is 254 g/mol. The number of piperidine rings is 1. The minimum Gasteiger partial charge on any atom is -0.367 e. The third-order valence-electron chi connectivity index (χ3n) is 3.77. The fraction of sp³-hybridized carbons (Fsp3) is 0.500. The molecule has 6 nitrogen and oxygen atoms in total. The molecule has 1 fully saturated rings. The first-order valence-electron chi connectivity index (χ1n) is 6.96. The Labute approximate surface area is 118 Å². The molecule has 106 valence electrons. The molecule has 0 aliphatic carbocycles. The number of nitrogens with one attached hydrogen (secondary N) is 1. The molecule has 0 radical (unpaired) electrons. The Morgan fingerprint density at radius 2 is 2.25 bits per heavy atom. The molecule has 2 aromatic rings. The summed E-state index contributed by atoms with van der Waals surface area (Å²) in [7, 11) is 0. The van der Waals surface area contributed by atoms with E-state index in [-0.39, 0.29) is 0 Å². The zero-order valence-corrected chi connectivity index (χ0v) is 11.6. The minimum atomic E-state index is 0.490. The molecule has 0 amide bonds. The van der Waals surface area contributed by atoms with Crippen LogP contribution < -0.4 is 5.32 Å². The van der Waals surface area contributed by atoms with Gasteiger partial charge in [-0.05, 0) is 25.8 Å². The third-order valence-corrected chi connectivity index (χ3v) is 3.77. The highest BCUT2D eigenvalue weighted by molar-refractivity contribution is 5.33. The van der Waals surface area contributed by atoms with Gasteiger partial charge >= 0.3 is 0 Å². The van der Waals surface area contributed by atoms with Gasteiger partial charge in [-0.2, -0.15) is 0 Å². The molecule has 2 aromatic heterocycles. The van der Waals surface area contributed by atoms with Gasteiger partial charge in [-0.15, -0.1) is 0 Å². The highest BCUT2D eigenvalue weighted by atomic mass is 16.5. The second-order valence-electron chi connectivity index (χ2n) is 5.20. The van der Waals surface area contributed by atoms with Crippen molar-refractivity contribution in [2.45, 2.75) is 32.4 Å². The molecule has 0 atom stereocenters. The average Bonchev–Trinajstić information content (AvgIpc) is 2.88. The van der Waals surface area contributed by atoms with Crippen LogP contribution in [0.4, 0.5) is 5.82 Å². The molecular formula is C14H19N5O. The van der Waals surface area contributed by atoms with E-state index in [1.165, 1.54) is 5.56 Å². The second-order valence-corrected chi connectivity index (χ2v) is 5.20. The lowest BCUT2D eigenvalue weighted by Gasteiger charge is -2.32. The van der Waals surface area contributed by atoms with Gasteiger partial charge in [-0.25, -0.2) is 9.97 Å². The van der Waals surface area contributed by atoms with Gasteiger partial charge in [-0.3, -0.25) is 4.90 Å². The predicted molar refractivity (Wildman–Crippen MR) is 75.2 cm³/mol. The molecule has 6 heteroatoms. The number of aromatic nitrogens is 3. The summed E-state index contributed by atoms with van der Waals surface area (Å²) in [5.74, 6) is 1.83. The average molecular weight is 273 g/mol. The van der Waals surface area contributed by atoms with E-state index in [0.29, 0.717) is 6.04 Å². The zero-order valence-electron chi connectivity index (χ0n) is 11.6. The Kier molecular flexibility index (Phi) is 3.92. The molecule has 1 aliphatic heterocycles. The van der Waals surface area contributed by atoms with Crippen molar-refractivity contribution < 1.29 is 4.52 Å². The van der Waals surface area contributed by atoms with Crippen LogP contribution in [0.25, 0.3) is 0 Å². The Morgan fingerprint density at radius 3 is 2.90 bits per heavy atom. The first-order valence-corrected chi connectivity index (χ1v) is 6.96. The molecule has 3 rings (SSSR count). The van der Waals surface area contributed by atoms with Crippen LogP contribution in [0.1, 0.15) is 24.2 Å². The highest BCUT2D eigenvalue weighted by Gasteiger charge is 2.20. The van der Waals surface area contributed by atoms with Gasteiger partial charge < -0.3 is 9.84 Å². The fourth-order valence-corrected chi connectivity index (χ4v) is 2.53. The number of hydrogen-bond donors (Lipinski definition) is 1. The number of aryl methyl sites for hydroxylation is 1. The van der Waals surface area contributed by atoms with Crippen LogP contribution in [0, 0.1) is 6.92 Å². The fourth-order valence-electron chi connectivity index (χ4n) is 2.53. The quantitative estimate of drug-likeness (QED) is 0.917. The number of hydrogen-bond acceptors (Lipinski definition) is 6. The first-order chi connectivity index (χ1) is 9.81. The van der Waals surface area contributed by atoms with Crippen molar-refractivity contribution >= 4 is 5.82 Å². The van der Waals surface area contributed by atoms with Gasteiger partial charge in [-0.1, -0.05) is 5.16 Å². The largest absolute Gasteiger partial charge is 0.367 e. The smallest absolute Gasteiger partial charge is 0.138 e. The van der Waals surface area contributed by atoms with Gasteiger partial charge in [0.05, 0.1) is 6.20 Å². The van der Waals surface area contributed by atoms with Crippen LogP contribution in [-0.4, -0.2) is 39.2 Å². The van der Waals surface area contributed by atoms with Gasteiger partial charge in [0, 0.05) is 37.4 Å². The molecule has 0 unspecified atom stereocenters. The molecule has 3 heterocycles. The summed E-state index contributed by atoms with van der Waals surface area (Å²) >= 11 is 0.